The summed E-state index contributed by atoms with van der Waals surface area (Å²) in [6.07, 6.45) is 1.63. The van der Waals surface area contributed by atoms with Crippen LogP contribution >= 0.6 is 11.6 Å². The van der Waals surface area contributed by atoms with Gasteiger partial charge < -0.3 is 10.1 Å². The van der Waals surface area contributed by atoms with Gasteiger partial charge in [0.15, 0.2) is 0 Å². The number of sulfonamides is 1. The van der Waals surface area contributed by atoms with Gasteiger partial charge in [-0.1, -0.05) is 17.7 Å². The van der Waals surface area contributed by atoms with E-state index in [1.165, 1.54) is 35.7 Å². The van der Waals surface area contributed by atoms with Crippen molar-refractivity contribution in [1.29, 1.82) is 0 Å². The van der Waals surface area contributed by atoms with Crippen molar-refractivity contribution in [3.8, 4) is 0 Å². The van der Waals surface area contributed by atoms with E-state index in [0.717, 1.165) is 18.4 Å². The van der Waals surface area contributed by atoms with Gasteiger partial charge in [0.1, 0.15) is 0 Å². The highest BCUT2D eigenvalue weighted by Crippen LogP contribution is 2.26. The highest BCUT2D eigenvalue weighted by Gasteiger charge is 2.28. The number of hydrogen-bond donors (Lipinski definition) is 1. The van der Waals surface area contributed by atoms with Gasteiger partial charge >= 0.3 is 5.97 Å². The maximum atomic E-state index is 12.8. The topological polar surface area (TPSA) is 92.8 Å². The van der Waals surface area contributed by atoms with Crippen molar-refractivity contribution in [1.82, 2.24) is 4.31 Å². The van der Waals surface area contributed by atoms with Crippen LogP contribution in [0.5, 0.6) is 0 Å². The fourth-order valence-corrected chi connectivity index (χ4v) is 4.85. The van der Waals surface area contributed by atoms with Crippen molar-refractivity contribution in [3.05, 3.63) is 58.1 Å². The summed E-state index contributed by atoms with van der Waals surface area (Å²) in [5.41, 5.74) is 1.45. The molecule has 7 nitrogen and oxygen atoms in total. The van der Waals surface area contributed by atoms with Gasteiger partial charge in [-0.05, 0) is 55.7 Å². The van der Waals surface area contributed by atoms with E-state index in [2.05, 4.69) is 5.32 Å². The van der Waals surface area contributed by atoms with Crippen LogP contribution in [0, 0.1) is 6.92 Å². The molecule has 154 valence electrons. The first-order valence-electron chi connectivity index (χ1n) is 9.04. The first kappa shape index (κ1) is 21.3. The van der Waals surface area contributed by atoms with Crippen LogP contribution in [-0.2, 0) is 14.8 Å². The van der Waals surface area contributed by atoms with Gasteiger partial charge in [0.2, 0.25) is 10.0 Å². The lowest BCUT2D eigenvalue weighted by atomic mass is 10.1. The van der Waals surface area contributed by atoms with Gasteiger partial charge in [0.25, 0.3) is 5.91 Å². The molecule has 1 amide bonds. The molecule has 1 fully saturated rings. The Hall–Kier alpha value is -2.42. The number of aryl methyl sites for hydroxylation is 1. The molecule has 1 N–H and O–H groups in total. The Morgan fingerprint density at radius 2 is 1.79 bits per heavy atom. The summed E-state index contributed by atoms with van der Waals surface area (Å²) in [6, 6.07) is 8.85. The normalized spacial score (nSPS) is 14.6. The number of halogens is 1. The lowest BCUT2D eigenvalue weighted by molar-refractivity contribution is 0.0600. The molecule has 0 bridgehead atoms. The number of carbonyl (C=O) groups is 2. The summed E-state index contributed by atoms with van der Waals surface area (Å²) in [5.74, 6) is -1.10. The molecule has 9 heteroatoms. The molecule has 1 aliphatic rings. The average Bonchev–Trinajstić information content (AvgIpc) is 3.25. The number of methoxy groups -OCH3 is 1. The quantitative estimate of drug-likeness (QED) is 0.724. The van der Waals surface area contributed by atoms with E-state index >= 15 is 0 Å². The molecule has 0 radical (unpaired) electrons. The number of hydrogen-bond acceptors (Lipinski definition) is 5. The highest BCUT2D eigenvalue weighted by molar-refractivity contribution is 7.89. The van der Waals surface area contributed by atoms with Crippen LogP contribution in [0.15, 0.2) is 41.3 Å². The van der Waals surface area contributed by atoms with E-state index in [4.69, 9.17) is 16.3 Å². The van der Waals surface area contributed by atoms with Crippen molar-refractivity contribution < 1.29 is 22.7 Å². The Kier molecular flexibility index (Phi) is 6.26. The lowest BCUT2D eigenvalue weighted by Crippen LogP contribution is -2.28. The number of anilines is 1. The minimum Gasteiger partial charge on any atom is -0.465 e. The minimum atomic E-state index is -3.68. The second-order valence-corrected chi connectivity index (χ2v) is 9.07. The zero-order valence-corrected chi connectivity index (χ0v) is 17.6. The summed E-state index contributed by atoms with van der Waals surface area (Å²) in [4.78, 5) is 24.6. The Labute approximate surface area is 174 Å². The van der Waals surface area contributed by atoms with Crippen LogP contribution in [0.4, 0.5) is 5.69 Å². The smallest absolute Gasteiger partial charge is 0.337 e. The fourth-order valence-electron chi connectivity index (χ4n) is 3.11. The van der Waals surface area contributed by atoms with Crippen LogP contribution in [0.1, 0.15) is 39.1 Å². The molecule has 2 aromatic rings. The zero-order chi connectivity index (χ0) is 21.2. The lowest BCUT2D eigenvalue weighted by Gasteiger charge is -2.17. The molecule has 0 unspecified atom stereocenters. The third-order valence-corrected chi connectivity index (χ3v) is 7.02. The molecule has 1 heterocycles. The van der Waals surface area contributed by atoms with Crippen molar-refractivity contribution in [3.63, 3.8) is 0 Å². The van der Waals surface area contributed by atoms with E-state index in [-0.39, 0.29) is 21.0 Å². The first-order chi connectivity index (χ1) is 13.7. The van der Waals surface area contributed by atoms with Crippen molar-refractivity contribution >= 4 is 39.2 Å². The molecular formula is C20H21ClN2O5S. The maximum Gasteiger partial charge on any atom is 0.337 e. The van der Waals surface area contributed by atoms with E-state index < -0.39 is 21.9 Å². The summed E-state index contributed by atoms with van der Waals surface area (Å²) < 4.78 is 31.7. The predicted octanol–water partition coefficient (Wildman–Crippen LogP) is 3.47. The van der Waals surface area contributed by atoms with Gasteiger partial charge in [0, 0.05) is 18.8 Å². The number of benzene rings is 2. The van der Waals surface area contributed by atoms with Crippen LogP contribution < -0.4 is 5.32 Å². The number of nitrogens with zero attached hydrogens (tertiary/aromatic N) is 1. The Morgan fingerprint density at radius 3 is 2.45 bits per heavy atom. The largest absolute Gasteiger partial charge is 0.465 e. The number of esters is 1. The number of rotatable bonds is 5. The van der Waals surface area contributed by atoms with Gasteiger partial charge in [-0.2, -0.15) is 4.31 Å². The van der Waals surface area contributed by atoms with Crippen molar-refractivity contribution in [2.75, 3.05) is 25.5 Å². The van der Waals surface area contributed by atoms with E-state index in [1.54, 1.807) is 19.1 Å². The van der Waals surface area contributed by atoms with Gasteiger partial charge in [0.05, 0.1) is 28.2 Å². The first-order valence-corrected chi connectivity index (χ1v) is 10.9. The molecule has 3 rings (SSSR count). The second-order valence-electron chi connectivity index (χ2n) is 6.73. The molecule has 0 atom stereocenters. The molecule has 1 aliphatic heterocycles. The van der Waals surface area contributed by atoms with E-state index in [9.17, 15) is 18.0 Å². The predicted molar refractivity (Wildman–Crippen MR) is 110 cm³/mol. The maximum absolute atomic E-state index is 12.8. The molecule has 0 spiro atoms. The SMILES string of the molecule is COC(=O)c1ccc(C)c(NC(=O)c2cc(S(=O)(=O)N3CCCC3)ccc2Cl)c1. The van der Waals surface area contributed by atoms with Crippen molar-refractivity contribution in [2.24, 2.45) is 0 Å². The van der Waals surface area contributed by atoms with E-state index in [1.807, 2.05) is 0 Å². The van der Waals surface area contributed by atoms with Crippen LogP contribution in [0.2, 0.25) is 5.02 Å². The van der Waals surface area contributed by atoms with Crippen LogP contribution in [0.3, 0.4) is 0 Å². The average molecular weight is 437 g/mol. The summed E-state index contributed by atoms with van der Waals surface area (Å²) in [7, 11) is -2.41. The van der Waals surface area contributed by atoms with Gasteiger partial charge in [-0.25, -0.2) is 13.2 Å². The van der Waals surface area contributed by atoms with Crippen molar-refractivity contribution in [2.45, 2.75) is 24.7 Å². The fraction of sp³-hybridized carbons (Fsp3) is 0.300. The van der Waals surface area contributed by atoms with E-state index in [0.29, 0.717) is 18.8 Å². The molecule has 0 aromatic heterocycles. The number of ether oxygens (including phenoxy) is 1. The number of amides is 1. The summed E-state index contributed by atoms with van der Waals surface area (Å²) >= 11 is 6.17. The standard InChI is InChI=1S/C20H21ClN2O5S/c1-13-5-6-14(20(25)28-2)11-18(13)22-19(24)16-12-15(7-8-17(16)21)29(26,27)23-9-3-4-10-23/h5-8,11-12H,3-4,9-10H2,1-2H3,(H,22,24). The molecule has 1 saturated heterocycles. The minimum absolute atomic E-state index is 0.0222. The van der Waals surface area contributed by atoms with Crippen LogP contribution in [-0.4, -0.2) is 44.8 Å². The number of nitrogens with one attached hydrogen (secondary N) is 1. The Balaban J connectivity index is 1.91. The van der Waals surface area contributed by atoms with Gasteiger partial charge in [-0.3, -0.25) is 4.79 Å². The third-order valence-electron chi connectivity index (χ3n) is 4.79. The molecule has 29 heavy (non-hydrogen) atoms. The van der Waals surface area contributed by atoms with Gasteiger partial charge in [-0.15, -0.1) is 0 Å². The molecule has 0 aliphatic carbocycles. The van der Waals surface area contributed by atoms with Crippen LogP contribution in [0.25, 0.3) is 0 Å². The monoisotopic (exact) mass is 436 g/mol. The Bertz CT molecular complexity index is 1060. The highest BCUT2D eigenvalue weighted by atomic mass is 35.5. The third kappa shape index (κ3) is 4.44. The molecule has 0 saturated carbocycles. The summed E-state index contributed by atoms with van der Waals surface area (Å²) in [6.45, 7) is 2.70. The zero-order valence-electron chi connectivity index (χ0n) is 16.1. The summed E-state index contributed by atoms with van der Waals surface area (Å²) in [5, 5.41) is 2.82. The molecular weight excluding hydrogens is 416 g/mol. The number of carbonyl (C=O) groups excluding carboxylic acids is 2. The molecule has 2 aromatic carbocycles. The second kappa shape index (κ2) is 8.52. The Morgan fingerprint density at radius 1 is 1.10 bits per heavy atom.